The van der Waals surface area contributed by atoms with Crippen LogP contribution in [0.5, 0.6) is 5.75 Å². The number of nitrogens with zero attached hydrogens (tertiary/aromatic N) is 4. The fourth-order valence-corrected chi connectivity index (χ4v) is 8.10. The summed E-state index contributed by atoms with van der Waals surface area (Å²) >= 11 is 0. The largest absolute Gasteiger partial charge is 0.494 e. The molecule has 3 aromatic carbocycles. The van der Waals surface area contributed by atoms with Gasteiger partial charge in [-0.15, -0.1) is 0 Å². The van der Waals surface area contributed by atoms with Crippen LogP contribution in [0.3, 0.4) is 0 Å². The van der Waals surface area contributed by atoms with Crippen molar-refractivity contribution in [1.82, 2.24) is 19.0 Å². The molecule has 2 aromatic heterocycles. The number of aryl methyl sites for hydroxylation is 1. The third-order valence-electron chi connectivity index (χ3n) is 10.8. The second-order valence-electron chi connectivity index (χ2n) is 13.9. The average Bonchev–Trinajstić information content (AvgIpc) is 3.47. The lowest BCUT2D eigenvalue weighted by atomic mass is 10.0. The highest BCUT2D eigenvalue weighted by molar-refractivity contribution is 6.02. The lowest BCUT2D eigenvalue weighted by Crippen LogP contribution is -2.38. The zero-order valence-electron chi connectivity index (χ0n) is 27.6. The SMILES string of the molecule is COc1cc(C(=O)N2CC3CCC2[C@@H]3C)cc2nc(-c3cc4ccc(-c5ccc(NC(C)=O)c(C(=O)O)c5)cc4n3CC3CC3)n(C)c12. The highest BCUT2D eigenvalue weighted by Gasteiger charge is 2.46. The molecular formula is C38H39N5O5. The van der Waals surface area contributed by atoms with Crippen LogP contribution in [0.15, 0.2) is 54.6 Å². The number of methoxy groups -OCH3 is 1. The number of carboxylic acids is 1. The maximum atomic E-state index is 13.8. The van der Waals surface area contributed by atoms with Gasteiger partial charge in [-0.3, -0.25) is 9.59 Å². The maximum Gasteiger partial charge on any atom is 0.337 e. The molecule has 2 N–H and O–H groups in total. The number of carboxylic acid groups (broad SMARTS) is 1. The summed E-state index contributed by atoms with van der Waals surface area (Å²) < 4.78 is 10.3. The van der Waals surface area contributed by atoms with Crippen LogP contribution in [-0.4, -0.2) is 61.6 Å². The number of imidazole rings is 1. The number of benzene rings is 3. The third kappa shape index (κ3) is 4.93. The van der Waals surface area contributed by atoms with Crippen molar-refractivity contribution >= 4 is 45.4 Å². The van der Waals surface area contributed by atoms with E-state index in [2.05, 4.69) is 44.5 Å². The van der Waals surface area contributed by atoms with Crippen molar-refractivity contribution < 1.29 is 24.2 Å². The minimum atomic E-state index is -1.11. The molecule has 8 rings (SSSR count). The lowest BCUT2D eigenvalue weighted by Gasteiger charge is -2.27. The Bertz CT molecular complexity index is 2160. The van der Waals surface area contributed by atoms with Gasteiger partial charge in [-0.1, -0.05) is 25.1 Å². The van der Waals surface area contributed by atoms with Gasteiger partial charge in [0.2, 0.25) is 5.91 Å². The fraction of sp³-hybridized carbons (Fsp3) is 0.368. The van der Waals surface area contributed by atoms with Crippen LogP contribution in [-0.2, 0) is 18.4 Å². The molecule has 2 unspecified atom stereocenters. The first kappa shape index (κ1) is 30.2. The molecule has 2 amide bonds. The van der Waals surface area contributed by atoms with E-state index in [-0.39, 0.29) is 23.1 Å². The number of carbonyl (C=O) groups is 3. The quantitative estimate of drug-likeness (QED) is 0.192. The predicted molar refractivity (Wildman–Crippen MR) is 184 cm³/mol. The van der Waals surface area contributed by atoms with Crippen LogP contribution in [0, 0.1) is 17.8 Å². The summed E-state index contributed by atoms with van der Waals surface area (Å²) in [5.41, 5.74) is 6.10. The summed E-state index contributed by atoms with van der Waals surface area (Å²) in [5, 5.41) is 13.5. The highest BCUT2D eigenvalue weighted by Crippen LogP contribution is 2.44. The molecule has 2 saturated carbocycles. The van der Waals surface area contributed by atoms with E-state index in [9.17, 15) is 19.5 Å². The minimum Gasteiger partial charge on any atom is -0.494 e. The van der Waals surface area contributed by atoms with Gasteiger partial charge in [-0.05, 0) is 91.0 Å². The first-order valence-electron chi connectivity index (χ1n) is 16.8. The Balaban J connectivity index is 1.22. The predicted octanol–water partition coefficient (Wildman–Crippen LogP) is 6.81. The summed E-state index contributed by atoms with van der Waals surface area (Å²) in [5.74, 6) is 1.72. The average molecular weight is 646 g/mol. The number of piperidine rings is 1. The van der Waals surface area contributed by atoms with Crippen molar-refractivity contribution in [3.63, 3.8) is 0 Å². The zero-order chi connectivity index (χ0) is 33.4. The number of carbonyl (C=O) groups excluding carboxylic acids is 2. The first-order valence-corrected chi connectivity index (χ1v) is 16.8. The number of hydrogen-bond donors (Lipinski definition) is 2. The van der Waals surface area contributed by atoms with Crippen molar-refractivity contribution in [2.45, 2.75) is 52.1 Å². The highest BCUT2D eigenvalue weighted by atomic mass is 16.5. The number of amides is 2. The van der Waals surface area contributed by atoms with Gasteiger partial charge in [0.05, 0.1) is 29.6 Å². The molecule has 3 aliphatic rings. The smallest absolute Gasteiger partial charge is 0.337 e. The van der Waals surface area contributed by atoms with Gasteiger partial charge in [0, 0.05) is 49.6 Å². The summed E-state index contributed by atoms with van der Waals surface area (Å²) in [6, 6.07) is 17.5. The van der Waals surface area contributed by atoms with Gasteiger partial charge in [0.25, 0.3) is 5.91 Å². The van der Waals surface area contributed by atoms with Gasteiger partial charge < -0.3 is 29.2 Å². The molecule has 10 nitrogen and oxygen atoms in total. The summed E-state index contributed by atoms with van der Waals surface area (Å²) in [6.45, 7) is 5.28. The molecule has 3 heterocycles. The summed E-state index contributed by atoms with van der Waals surface area (Å²) in [4.78, 5) is 44.7. The molecule has 1 aliphatic heterocycles. The number of aromatic carboxylic acids is 1. The molecule has 10 heteroatoms. The molecular weight excluding hydrogens is 606 g/mol. The summed E-state index contributed by atoms with van der Waals surface area (Å²) in [7, 11) is 3.63. The molecule has 2 aliphatic carbocycles. The lowest BCUT2D eigenvalue weighted by molar-refractivity contribution is -0.114. The zero-order valence-corrected chi connectivity index (χ0v) is 27.6. The monoisotopic (exact) mass is 645 g/mol. The standard InChI is InChI=1S/C38H39N5O5/c1-20-26-10-12-31(20)43(19-26)37(45)27-14-30-35(34(17-27)48-4)41(3)36(40-30)33-16-25-8-7-24(15-32(25)42(33)18-22-5-6-22)23-9-11-29(39-21(2)44)28(13-23)38(46)47/h7-9,11,13-17,20,22,26,31H,5-6,10,12,18-19H2,1-4H3,(H,39,44)(H,46,47)/t20-,26?,31?/m1/s1. The van der Waals surface area contributed by atoms with Gasteiger partial charge in [-0.2, -0.15) is 0 Å². The number of nitrogens with one attached hydrogen (secondary N) is 1. The van der Waals surface area contributed by atoms with Crippen LogP contribution in [0.2, 0.25) is 0 Å². The molecule has 2 bridgehead atoms. The first-order chi connectivity index (χ1) is 23.1. The topological polar surface area (TPSA) is 119 Å². The van der Waals surface area contributed by atoms with E-state index in [4.69, 9.17) is 9.72 Å². The van der Waals surface area contributed by atoms with Crippen molar-refractivity contribution in [2.24, 2.45) is 24.8 Å². The second-order valence-corrected chi connectivity index (χ2v) is 13.9. The van der Waals surface area contributed by atoms with E-state index < -0.39 is 5.97 Å². The molecule has 48 heavy (non-hydrogen) atoms. The molecule has 1 saturated heterocycles. The van der Waals surface area contributed by atoms with Crippen molar-refractivity contribution in [3.8, 4) is 28.4 Å². The Hall–Kier alpha value is -5.12. The van der Waals surface area contributed by atoms with E-state index >= 15 is 0 Å². The van der Waals surface area contributed by atoms with Crippen molar-refractivity contribution in [1.29, 1.82) is 0 Å². The number of fused-ring (bicyclic) bond motifs is 4. The van der Waals surface area contributed by atoms with E-state index in [1.54, 1.807) is 19.2 Å². The van der Waals surface area contributed by atoms with Gasteiger partial charge >= 0.3 is 5.97 Å². The Morgan fingerprint density at radius 3 is 2.44 bits per heavy atom. The van der Waals surface area contributed by atoms with Gasteiger partial charge in [0.15, 0.2) is 5.82 Å². The van der Waals surface area contributed by atoms with Crippen LogP contribution in [0.1, 0.15) is 60.2 Å². The Labute approximate surface area is 278 Å². The number of anilines is 1. The van der Waals surface area contributed by atoms with E-state index in [1.807, 2.05) is 31.3 Å². The third-order valence-corrected chi connectivity index (χ3v) is 10.8. The Morgan fingerprint density at radius 2 is 1.77 bits per heavy atom. The Morgan fingerprint density at radius 1 is 1.00 bits per heavy atom. The normalized spacial score (nSPS) is 20.2. The van der Waals surface area contributed by atoms with Crippen molar-refractivity contribution in [2.75, 3.05) is 19.0 Å². The second kappa shape index (κ2) is 11.2. The van der Waals surface area contributed by atoms with E-state index in [1.165, 1.54) is 26.2 Å². The van der Waals surface area contributed by atoms with Gasteiger partial charge in [-0.25, -0.2) is 9.78 Å². The molecule has 3 fully saturated rings. The fourth-order valence-electron chi connectivity index (χ4n) is 8.10. The van der Waals surface area contributed by atoms with Crippen LogP contribution >= 0.6 is 0 Å². The molecule has 3 atom stereocenters. The Kier molecular flexibility index (Phi) is 7.08. The van der Waals surface area contributed by atoms with Crippen LogP contribution in [0.25, 0.3) is 44.6 Å². The maximum absolute atomic E-state index is 13.8. The number of hydrogen-bond acceptors (Lipinski definition) is 5. The van der Waals surface area contributed by atoms with Gasteiger partial charge in [0.1, 0.15) is 11.3 Å². The molecule has 0 radical (unpaired) electrons. The summed E-state index contributed by atoms with van der Waals surface area (Å²) in [6.07, 6.45) is 4.61. The van der Waals surface area contributed by atoms with Crippen molar-refractivity contribution in [3.05, 3.63) is 65.7 Å². The van der Waals surface area contributed by atoms with Crippen LogP contribution < -0.4 is 10.1 Å². The number of ether oxygens (including phenoxy) is 1. The number of aromatic nitrogens is 3. The van der Waals surface area contributed by atoms with E-state index in [0.29, 0.717) is 35.1 Å². The molecule has 246 valence electrons. The molecule has 5 aromatic rings. The minimum absolute atomic E-state index is 0.0371. The number of rotatable bonds is 8. The van der Waals surface area contributed by atoms with E-state index in [0.717, 1.165) is 64.1 Å². The molecule has 0 spiro atoms. The number of likely N-dealkylation sites (tertiary alicyclic amines) is 1. The van der Waals surface area contributed by atoms with Crippen LogP contribution in [0.4, 0.5) is 5.69 Å².